The van der Waals surface area contributed by atoms with Crippen molar-refractivity contribution in [1.29, 1.82) is 0 Å². The number of esters is 1. The summed E-state index contributed by atoms with van der Waals surface area (Å²) in [4.78, 5) is 19.4. The first kappa shape index (κ1) is 14.0. The Bertz CT molecular complexity index is 531. The fourth-order valence-electron chi connectivity index (χ4n) is 1.62. The van der Waals surface area contributed by atoms with Gasteiger partial charge in [-0.3, -0.25) is 4.79 Å². The van der Waals surface area contributed by atoms with Crippen LogP contribution in [-0.4, -0.2) is 28.6 Å². The maximum atomic E-state index is 11.7. The molecule has 0 radical (unpaired) electrons. The lowest BCUT2D eigenvalue weighted by Crippen LogP contribution is -2.23. The van der Waals surface area contributed by atoms with Crippen LogP contribution in [0.25, 0.3) is 0 Å². The Morgan fingerprint density at radius 2 is 1.90 bits per heavy atom. The summed E-state index contributed by atoms with van der Waals surface area (Å²) in [6, 6.07) is 9.41. The number of rotatable bonds is 6. The SMILES string of the molecule is CC(COc1ccccc1)OC(=O)Cc1cncnc1. The van der Waals surface area contributed by atoms with Crippen LogP contribution < -0.4 is 4.74 Å². The Morgan fingerprint density at radius 1 is 1.20 bits per heavy atom. The van der Waals surface area contributed by atoms with E-state index in [1.165, 1.54) is 6.33 Å². The van der Waals surface area contributed by atoms with Crippen molar-refractivity contribution in [2.24, 2.45) is 0 Å². The van der Waals surface area contributed by atoms with Gasteiger partial charge in [0.25, 0.3) is 0 Å². The molecule has 0 saturated heterocycles. The average Bonchev–Trinajstić information content (AvgIpc) is 2.47. The summed E-state index contributed by atoms with van der Waals surface area (Å²) in [7, 11) is 0. The molecule has 2 rings (SSSR count). The van der Waals surface area contributed by atoms with Crippen LogP contribution in [0.5, 0.6) is 5.75 Å². The highest BCUT2D eigenvalue weighted by Crippen LogP contribution is 2.09. The summed E-state index contributed by atoms with van der Waals surface area (Å²) < 4.78 is 10.8. The van der Waals surface area contributed by atoms with E-state index < -0.39 is 0 Å². The first-order valence-corrected chi connectivity index (χ1v) is 6.35. The molecular weight excluding hydrogens is 256 g/mol. The molecule has 104 valence electrons. The standard InChI is InChI=1S/C15H16N2O3/c1-12(10-19-14-5-3-2-4-6-14)20-15(18)7-13-8-16-11-17-9-13/h2-6,8-9,11-12H,7,10H2,1H3. The van der Waals surface area contributed by atoms with Crippen LogP contribution in [-0.2, 0) is 16.0 Å². The van der Waals surface area contributed by atoms with Crippen LogP contribution in [0.15, 0.2) is 49.1 Å². The molecule has 0 N–H and O–H groups in total. The lowest BCUT2D eigenvalue weighted by Gasteiger charge is -2.14. The highest BCUT2D eigenvalue weighted by Gasteiger charge is 2.11. The molecule has 0 spiro atoms. The number of carbonyl (C=O) groups is 1. The maximum Gasteiger partial charge on any atom is 0.310 e. The largest absolute Gasteiger partial charge is 0.490 e. The first-order valence-electron chi connectivity index (χ1n) is 6.35. The quantitative estimate of drug-likeness (QED) is 0.753. The van der Waals surface area contributed by atoms with Crippen LogP contribution in [0, 0.1) is 0 Å². The molecule has 0 aliphatic heterocycles. The van der Waals surface area contributed by atoms with Gasteiger partial charge >= 0.3 is 5.97 Å². The molecule has 0 aliphatic rings. The van der Waals surface area contributed by atoms with E-state index in [0.29, 0.717) is 6.61 Å². The van der Waals surface area contributed by atoms with Crippen molar-refractivity contribution in [3.05, 3.63) is 54.6 Å². The van der Waals surface area contributed by atoms with Gasteiger partial charge in [-0.15, -0.1) is 0 Å². The zero-order chi connectivity index (χ0) is 14.2. The minimum absolute atomic E-state index is 0.163. The zero-order valence-corrected chi connectivity index (χ0v) is 11.2. The first-order chi connectivity index (χ1) is 9.74. The third-order valence-corrected chi connectivity index (χ3v) is 2.52. The molecule has 1 atom stereocenters. The molecule has 1 heterocycles. The summed E-state index contributed by atoms with van der Waals surface area (Å²) >= 11 is 0. The van der Waals surface area contributed by atoms with E-state index in [9.17, 15) is 4.79 Å². The topological polar surface area (TPSA) is 61.3 Å². The molecule has 1 aromatic carbocycles. The summed E-state index contributed by atoms with van der Waals surface area (Å²) in [6.07, 6.45) is 4.47. The summed E-state index contributed by atoms with van der Waals surface area (Å²) in [5.41, 5.74) is 0.730. The van der Waals surface area contributed by atoms with Gasteiger partial charge in [0.05, 0.1) is 6.42 Å². The van der Waals surface area contributed by atoms with E-state index >= 15 is 0 Å². The van der Waals surface area contributed by atoms with E-state index in [1.54, 1.807) is 19.3 Å². The molecule has 0 amide bonds. The fraction of sp³-hybridized carbons (Fsp3) is 0.267. The van der Waals surface area contributed by atoms with Crippen molar-refractivity contribution in [2.45, 2.75) is 19.4 Å². The van der Waals surface area contributed by atoms with Crippen molar-refractivity contribution in [2.75, 3.05) is 6.61 Å². The Kier molecular flexibility index (Phi) is 5.06. The minimum atomic E-state index is -0.316. The molecule has 0 saturated carbocycles. The Morgan fingerprint density at radius 3 is 2.60 bits per heavy atom. The van der Waals surface area contributed by atoms with E-state index in [-0.39, 0.29) is 18.5 Å². The fourth-order valence-corrected chi connectivity index (χ4v) is 1.62. The Labute approximate surface area is 117 Å². The van der Waals surface area contributed by atoms with Crippen LogP contribution in [0.4, 0.5) is 0 Å². The van der Waals surface area contributed by atoms with Gasteiger partial charge in [-0.2, -0.15) is 0 Å². The van der Waals surface area contributed by atoms with Gasteiger partial charge in [-0.25, -0.2) is 9.97 Å². The van der Waals surface area contributed by atoms with Gasteiger partial charge in [-0.1, -0.05) is 18.2 Å². The molecule has 20 heavy (non-hydrogen) atoms. The maximum absolute atomic E-state index is 11.7. The predicted octanol–water partition coefficient (Wildman–Crippen LogP) is 2.03. The van der Waals surface area contributed by atoms with Crippen molar-refractivity contribution in [1.82, 2.24) is 9.97 Å². The number of aromatic nitrogens is 2. The number of benzene rings is 1. The molecule has 0 bridgehead atoms. The van der Waals surface area contributed by atoms with E-state index in [1.807, 2.05) is 30.3 Å². The molecule has 0 fully saturated rings. The van der Waals surface area contributed by atoms with Crippen molar-refractivity contribution >= 4 is 5.97 Å². The number of hydrogen-bond acceptors (Lipinski definition) is 5. The average molecular weight is 272 g/mol. The Hall–Kier alpha value is -2.43. The molecular formula is C15H16N2O3. The smallest absolute Gasteiger partial charge is 0.310 e. The third kappa shape index (κ3) is 4.68. The highest BCUT2D eigenvalue weighted by atomic mass is 16.6. The van der Waals surface area contributed by atoms with Gasteiger partial charge in [-0.05, 0) is 24.6 Å². The number of hydrogen-bond donors (Lipinski definition) is 0. The van der Waals surface area contributed by atoms with E-state index in [2.05, 4.69) is 9.97 Å². The molecule has 2 aromatic rings. The van der Waals surface area contributed by atoms with Crippen LogP contribution in [0.1, 0.15) is 12.5 Å². The van der Waals surface area contributed by atoms with Crippen LogP contribution >= 0.6 is 0 Å². The number of para-hydroxylation sites is 1. The lowest BCUT2D eigenvalue weighted by atomic mass is 10.2. The zero-order valence-electron chi connectivity index (χ0n) is 11.2. The van der Waals surface area contributed by atoms with Gasteiger partial charge in [0.2, 0.25) is 0 Å². The number of carbonyl (C=O) groups excluding carboxylic acids is 1. The lowest BCUT2D eigenvalue weighted by molar-refractivity contribution is -0.148. The molecule has 5 heteroatoms. The molecule has 1 aromatic heterocycles. The summed E-state index contributed by atoms with van der Waals surface area (Å²) in [6.45, 7) is 2.11. The van der Waals surface area contributed by atoms with Crippen LogP contribution in [0.2, 0.25) is 0 Å². The number of nitrogens with zero attached hydrogens (tertiary/aromatic N) is 2. The third-order valence-electron chi connectivity index (χ3n) is 2.52. The molecule has 0 aliphatic carbocycles. The summed E-state index contributed by atoms with van der Waals surface area (Å²) in [5.74, 6) is 0.441. The van der Waals surface area contributed by atoms with Crippen LogP contribution in [0.3, 0.4) is 0 Å². The molecule has 5 nitrogen and oxygen atoms in total. The van der Waals surface area contributed by atoms with Gasteiger partial charge in [0.15, 0.2) is 0 Å². The second-order valence-electron chi connectivity index (χ2n) is 4.35. The normalized spacial score (nSPS) is 11.7. The molecule has 1 unspecified atom stereocenters. The van der Waals surface area contributed by atoms with Gasteiger partial charge in [0.1, 0.15) is 24.8 Å². The Balaban J connectivity index is 1.74. The number of ether oxygens (including phenoxy) is 2. The van der Waals surface area contributed by atoms with Gasteiger partial charge in [0, 0.05) is 12.4 Å². The van der Waals surface area contributed by atoms with Crippen molar-refractivity contribution < 1.29 is 14.3 Å². The van der Waals surface area contributed by atoms with E-state index in [0.717, 1.165) is 11.3 Å². The second kappa shape index (κ2) is 7.23. The predicted molar refractivity (Wildman–Crippen MR) is 73.2 cm³/mol. The minimum Gasteiger partial charge on any atom is -0.490 e. The monoisotopic (exact) mass is 272 g/mol. The van der Waals surface area contributed by atoms with Gasteiger partial charge < -0.3 is 9.47 Å². The van der Waals surface area contributed by atoms with E-state index in [4.69, 9.17) is 9.47 Å². The van der Waals surface area contributed by atoms with Crippen molar-refractivity contribution in [3.63, 3.8) is 0 Å². The van der Waals surface area contributed by atoms with Crippen molar-refractivity contribution in [3.8, 4) is 5.75 Å². The second-order valence-corrected chi connectivity index (χ2v) is 4.35. The summed E-state index contributed by atoms with van der Waals surface area (Å²) in [5, 5.41) is 0. The highest BCUT2D eigenvalue weighted by molar-refractivity contribution is 5.72.